The quantitative estimate of drug-likeness (QED) is 0.139. The molecule has 0 aliphatic heterocycles. The SMILES string of the molecule is CCCCCCCCCCCCCCCCCCCCCC(C)CCCC(C)C. The minimum Gasteiger partial charge on any atom is -0.0654 e. The Morgan fingerprint density at radius 3 is 1.00 bits per heavy atom. The Labute approximate surface area is 187 Å². The Morgan fingerprint density at radius 2 is 0.655 bits per heavy atom. The highest BCUT2D eigenvalue weighted by Gasteiger charge is 2.03. The van der Waals surface area contributed by atoms with Gasteiger partial charge in [0.15, 0.2) is 0 Å². The maximum absolute atomic E-state index is 2.47. The van der Waals surface area contributed by atoms with Crippen LogP contribution in [0.2, 0.25) is 0 Å². The molecule has 0 radical (unpaired) electrons. The average molecular weight is 409 g/mol. The predicted molar refractivity (Wildman–Crippen MR) is 136 cm³/mol. The highest BCUT2D eigenvalue weighted by Crippen LogP contribution is 2.19. The van der Waals surface area contributed by atoms with Gasteiger partial charge in [0.25, 0.3) is 0 Å². The molecule has 29 heavy (non-hydrogen) atoms. The van der Waals surface area contributed by atoms with E-state index in [1.54, 1.807) is 0 Å². The molecule has 0 aliphatic carbocycles. The van der Waals surface area contributed by atoms with Gasteiger partial charge in [0.1, 0.15) is 0 Å². The van der Waals surface area contributed by atoms with Crippen LogP contribution in [0, 0.1) is 11.8 Å². The minimum absolute atomic E-state index is 0.886. The third kappa shape index (κ3) is 26.0. The standard InChI is InChI=1S/C29H60/c1-5-6-7-8-9-10-11-12-13-14-15-16-17-18-19-20-21-22-23-26-29(4)27-24-25-28(2)3/h28-29H,5-27H2,1-4H3. The summed E-state index contributed by atoms with van der Waals surface area (Å²) in [6.45, 7) is 9.47. The molecule has 0 spiro atoms. The fraction of sp³-hybridized carbons (Fsp3) is 1.00. The number of rotatable bonds is 24. The van der Waals surface area contributed by atoms with Crippen molar-refractivity contribution < 1.29 is 0 Å². The molecule has 0 heteroatoms. The summed E-state index contributed by atoms with van der Waals surface area (Å²) in [7, 11) is 0. The molecule has 0 rings (SSSR count). The zero-order chi connectivity index (χ0) is 21.4. The fourth-order valence-corrected chi connectivity index (χ4v) is 4.59. The van der Waals surface area contributed by atoms with Crippen molar-refractivity contribution in [3.05, 3.63) is 0 Å². The van der Waals surface area contributed by atoms with E-state index in [1.165, 1.54) is 148 Å². The van der Waals surface area contributed by atoms with E-state index in [1.807, 2.05) is 0 Å². The molecule has 0 aromatic carbocycles. The van der Waals surface area contributed by atoms with Crippen LogP contribution in [0.15, 0.2) is 0 Å². The van der Waals surface area contributed by atoms with E-state index in [2.05, 4.69) is 27.7 Å². The van der Waals surface area contributed by atoms with Gasteiger partial charge in [0.05, 0.1) is 0 Å². The second-order valence-corrected chi connectivity index (χ2v) is 10.6. The normalized spacial score (nSPS) is 12.7. The molecule has 0 saturated heterocycles. The predicted octanol–water partition coefficient (Wildman–Crippen LogP) is 11.3. The van der Waals surface area contributed by atoms with Crippen LogP contribution in [0.3, 0.4) is 0 Å². The lowest BCUT2D eigenvalue weighted by molar-refractivity contribution is 0.417. The lowest BCUT2D eigenvalue weighted by Crippen LogP contribution is -1.96. The van der Waals surface area contributed by atoms with Crippen molar-refractivity contribution in [1.29, 1.82) is 0 Å². The second kappa shape index (κ2) is 24.3. The average Bonchev–Trinajstić information content (AvgIpc) is 2.69. The zero-order valence-electron chi connectivity index (χ0n) is 21.4. The second-order valence-electron chi connectivity index (χ2n) is 10.6. The highest BCUT2D eigenvalue weighted by molar-refractivity contribution is 4.57. The molecule has 0 saturated carbocycles. The van der Waals surface area contributed by atoms with Crippen molar-refractivity contribution in [2.24, 2.45) is 11.8 Å². The summed E-state index contributed by atoms with van der Waals surface area (Å²) in [5.41, 5.74) is 0. The number of hydrogen-bond donors (Lipinski definition) is 0. The van der Waals surface area contributed by atoms with E-state index >= 15 is 0 Å². The van der Waals surface area contributed by atoms with Gasteiger partial charge in [-0.2, -0.15) is 0 Å². The highest BCUT2D eigenvalue weighted by atomic mass is 14.1. The summed E-state index contributed by atoms with van der Waals surface area (Å²) in [6.07, 6.45) is 33.9. The van der Waals surface area contributed by atoms with Crippen LogP contribution < -0.4 is 0 Å². The summed E-state index contributed by atoms with van der Waals surface area (Å²) in [5, 5.41) is 0. The van der Waals surface area contributed by atoms with Crippen LogP contribution in [0.4, 0.5) is 0 Å². The van der Waals surface area contributed by atoms with Crippen LogP contribution in [-0.2, 0) is 0 Å². The monoisotopic (exact) mass is 408 g/mol. The van der Waals surface area contributed by atoms with Gasteiger partial charge in [-0.05, 0) is 11.8 Å². The van der Waals surface area contributed by atoms with Gasteiger partial charge in [-0.3, -0.25) is 0 Å². The van der Waals surface area contributed by atoms with Crippen LogP contribution in [-0.4, -0.2) is 0 Å². The first kappa shape index (κ1) is 29.0. The summed E-state index contributed by atoms with van der Waals surface area (Å²) >= 11 is 0. The van der Waals surface area contributed by atoms with Crippen LogP contribution in [0.25, 0.3) is 0 Å². The molecule has 0 heterocycles. The summed E-state index contributed by atoms with van der Waals surface area (Å²) < 4.78 is 0. The van der Waals surface area contributed by atoms with Gasteiger partial charge < -0.3 is 0 Å². The smallest absolute Gasteiger partial charge is 0.0443 e. The van der Waals surface area contributed by atoms with E-state index < -0.39 is 0 Å². The van der Waals surface area contributed by atoms with E-state index in [-0.39, 0.29) is 0 Å². The molecule has 1 unspecified atom stereocenters. The van der Waals surface area contributed by atoms with Crippen molar-refractivity contribution in [2.75, 3.05) is 0 Å². The first-order valence-corrected chi connectivity index (χ1v) is 14.2. The Morgan fingerprint density at radius 1 is 0.345 bits per heavy atom. The molecule has 0 aromatic rings. The molecule has 176 valence electrons. The van der Waals surface area contributed by atoms with E-state index in [9.17, 15) is 0 Å². The zero-order valence-corrected chi connectivity index (χ0v) is 21.4. The molecular formula is C29H60. The Balaban J connectivity index is 3.08. The maximum Gasteiger partial charge on any atom is -0.0443 e. The molecule has 1 atom stereocenters. The van der Waals surface area contributed by atoms with E-state index in [4.69, 9.17) is 0 Å². The van der Waals surface area contributed by atoms with Crippen LogP contribution in [0.5, 0.6) is 0 Å². The molecule has 0 amide bonds. The van der Waals surface area contributed by atoms with Gasteiger partial charge in [-0.15, -0.1) is 0 Å². The lowest BCUT2D eigenvalue weighted by Gasteiger charge is -2.12. The molecule has 0 fully saturated rings. The lowest BCUT2D eigenvalue weighted by atomic mass is 9.95. The third-order valence-corrected chi connectivity index (χ3v) is 6.78. The maximum atomic E-state index is 2.47. The van der Waals surface area contributed by atoms with Gasteiger partial charge in [-0.1, -0.05) is 175 Å². The first-order chi connectivity index (χ1) is 14.2. The number of hydrogen-bond acceptors (Lipinski definition) is 0. The summed E-state index contributed by atoms with van der Waals surface area (Å²) in [4.78, 5) is 0. The van der Waals surface area contributed by atoms with Crippen molar-refractivity contribution in [3.63, 3.8) is 0 Å². The van der Waals surface area contributed by atoms with Crippen LogP contribution in [0.1, 0.15) is 175 Å². The first-order valence-electron chi connectivity index (χ1n) is 14.2. The van der Waals surface area contributed by atoms with Gasteiger partial charge in [0.2, 0.25) is 0 Å². The molecule has 0 aliphatic rings. The Bertz CT molecular complexity index is 280. The molecular weight excluding hydrogens is 348 g/mol. The van der Waals surface area contributed by atoms with Crippen LogP contribution >= 0.6 is 0 Å². The van der Waals surface area contributed by atoms with E-state index in [0.717, 1.165) is 11.8 Å². The molecule has 0 N–H and O–H groups in total. The van der Waals surface area contributed by atoms with Crippen molar-refractivity contribution in [3.8, 4) is 0 Å². The Hall–Kier alpha value is 0. The third-order valence-electron chi connectivity index (χ3n) is 6.78. The van der Waals surface area contributed by atoms with Gasteiger partial charge in [0, 0.05) is 0 Å². The fourth-order valence-electron chi connectivity index (χ4n) is 4.59. The summed E-state index contributed by atoms with van der Waals surface area (Å²) in [6, 6.07) is 0. The van der Waals surface area contributed by atoms with Crippen molar-refractivity contribution in [2.45, 2.75) is 175 Å². The summed E-state index contributed by atoms with van der Waals surface area (Å²) in [5.74, 6) is 1.84. The Kier molecular flexibility index (Phi) is 24.3. The molecule has 0 aromatic heterocycles. The number of unbranched alkanes of at least 4 members (excludes halogenated alkanes) is 18. The largest absolute Gasteiger partial charge is 0.0654 e. The topological polar surface area (TPSA) is 0 Å². The van der Waals surface area contributed by atoms with Crippen molar-refractivity contribution in [1.82, 2.24) is 0 Å². The molecule has 0 nitrogen and oxygen atoms in total. The van der Waals surface area contributed by atoms with Crippen molar-refractivity contribution >= 4 is 0 Å². The van der Waals surface area contributed by atoms with Gasteiger partial charge in [-0.25, -0.2) is 0 Å². The minimum atomic E-state index is 0.886. The van der Waals surface area contributed by atoms with E-state index in [0.29, 0.717) is 0 Å². The van der Waals surface area contributed by atoms with Gasteiger partial charge >= 0.3 is 0 Å². The molecule has 0 bridgehead atoms.